The molecule has 0 saturated heterocycles. The van der Waals surface area contributed by atoms with Crippen molar-refractivity contribution in [3.8, 4) is 5.75 Å². The molecule has 1 aliphatic heterocycles. The zero-order valence-corrected chi connectivity index (χ0v) is 12.1. The first-order chi connectivity index (χ1) is 10.4. The van der Waals surface area contributed by atoms with Gasteiger partial charge in [0.15, 0.2) is 0 Å². The zero-order chi connectivity index (χ0) is 14.5. The van der Waals surface area contributed by atoms with Crippen molar-refractivity contribution >= 4 is 0 Å². The predicted molar refractivity (Wildman–Crippen MR) is 82.9 cm³/mol. The summed E-state index contributed by atoms with van der Waals surface area (Å²) < 4.78 is 5.88. The summed E-state index contributed by atoms with van der Waals surface area (Å²) in [5.41, 5.74) is 6.46. The topological polar surface area (TPSA) is 60.2 Å². The van der Waals surface area contributed by atoms with E-state index >= 15 is 0 Å². The van der Waals surface area contributed by atoms with Crippen molar-refractivity contribution in [3.05, 3.63) is 59.4 Å². The number of hydrazine groups is 1. The van der Waals surface area contributed by atoms with Gasteiger partial charge in [-0.3, -0.25) is 16.3 Å². The van der Waals surface area contributed by atoms with Gasteiger partial charge >= 0.3 is 0 Å². The number of rotatable bonds is 5. The standard InChI is InChI=1S/C17H21N3O/c18-20-16(10-9-14-7-1-2-11-19-14)15-8-3-5-13-6-4-12-21-17(13)15/h1-3,5,7-8,11,16,20H,4,6,9-10,12,18H2. The van der Waals surface area contributed by atoms with Crippen LogP contribution in [0.5, 0.6) is 5.75 Å². The minimum absolute atomic E-state index is 0.0834. The SMILES string of the molecule is NNC(CCc1ccccn1)c1cccc2c1OCCC2. The van der Waals surface area contributed by atoms with E-state index in [2.05, 4.69) is 28.6 Å². The van der Waals surface area contributed by atoms with Gasteiger partial charge in [0, 0.05) is 23.5 Å². The fourth-order valence-corrected chi connectivity index (χ4v) is 2.86. The number of hydrogen-bond donors (Lipinski definition) is 2. The van der Waals surface area contributed by atoms with Crippen LogP contribution >= 0.6 is 0 Å². The van der Waals surface area contributed by atoms with Crippen LogP contribution in [0, 0.1) is 0 Å². The van der Waals surface area contributed by atoms with Crippen LogP contribution < -0.4 is 16.0 Å². The summed E-state index contributed by atoms with van der Waals surface area (Å²) in [6.45, 7) is 0.793. The fraction of sp³-hybridized carbons (Fsp3) is 0.353. The van der Waals surface area contributed by atoms with E-state index in [1.165, 1.54) is 5.56 Å². The first-order valence-corrected chi connectivity index (χ1v) is 7.49. The molecule has 0 spiro atoms. The van der Waals surface area contributed by atoms with Gasteiger partial charge in [-0.15, -0.1) is 0 Å². The van der Waals surface area contributed by atoms with Crippen LogP contribution in [-0.4, -0.2) is 11.6 Å². The van der Waals surface area contributed by atoms with Gasteiger partial charge in [-0.05, 0) is 43.4 Å². The highest BCUT2D eigenvalue weighted by atomic mass is 16.5. The Morgan fingerprint density at radius 2 is 2.19 bits per heavy atom. The number of nitrogens with one attached hydrogen (secondary N) is 1. The largest absolute Gasteiger partial charge is 0.493 e. The van der Waals surface area contributed by atoms with Crippen molar-refractivity contribution in [1.29, 1.82) is 0 Å². The summed E-state index contributed by atoms with van der Waals surface area (Å²) >= 11 is 0. The molecule has 2 heterocycles. The molecule has 3 rings (SSSR count). The van der Waals surface area contributed by atoms with E-state index in [4.69, 9.17) is 10.6 Å². The monoisotopic (exact) mass is 283 g/mol. The first-order valence-electron chi connectivity index (χ1n) is 7.49. The lowest BCUT2D eigenvalue weighted by Crippen LogP contribution is -2.29. The highest BCUT2D eigenvalue weighted by Crippen LogP contribution is 2.34. The van der Waals surface area contributed by atoms with Gasteiger partial charge in [0.05, 0.1) is 6.61 Å². The molecule has 0 amide bonds. The van der Waals surface area contributed by atoms with Crippen LogP contribution in [0.15, 0.2) is 42.6 Å². The van der Waals surface area contributed by atoms with Gasteiger partial charge in [0.1, 0.15) is 5.75 Å². The Balaban J connectivity index is 1.77. The molecule has 0 bridgehead atoms. The van der Waals surface area contributed by atoms with E-state index in [1.807, 2.05) is 24.4 Å². The molecule has 110 valence electrons. The van der Waals surface area contributed by atoms with Crippen LogP contribution in [0.1, 0.15) is 35.7 Å². The summed E-state index contributed by atoms with van der Waals surface area (Å²) in [6, 6.07) is 12.4. The third-order valence-corrected chi connectivity index (χ3v) is 3.96. The third kappa shape index (κ3) is 3.23. The molecule has 0 aliphatic carbocycles. The van der Waals surface area contributed by atoms with Crippen molar-refractivity contribution in [2.75, 3.05) is 6.61 Å². The first kappa shape index (κ1) is 14.0. The van der Waals surface area contributed by atoms with Crippen molar-refractivity contribution in [2.45, 2.75) is 31.7 Å². The number of nitrogens with zero attached hydrogens (tertiary/aromatic N) is 1. The second-order valence-corrected chi connectivity index (χ2v) is 5.37. The number of benzene rings is 1. The van der Waals surface area contributed by atoms with Crippen LogP contribution in [0.25, 0.3) is 0 Å². The molecule has 1 unspecified atom stereocenters. The number of ether oxygens (including phenoxy) is 1. The van der Waals surface area contributed by atoms with Crippen molar-refractivity contribution in [2.24, 2.45) is 5.84 Å². The number of aryl methyl sites for hydroxylation is 2. The summed E-state index contributed by atoms with van der Waals surface area (Å²) in [7, 11) is 0. The molecular formula is C17H21N3O. The van der Waals surface area contributed by atoms with E-state index < -0.39 is 0 Å². The van der Waals surface area contributed by atoms with Gasteiger partial charge in [-0.25, -0.2) is 0 Å². The molecule has 0 radical (unpaired) electrons. The normalized spacial score (nSPS) is 15.1. The van der Waals surface area contributed by atoms with Crippen LogP contribution in [-0.2, 0) is 12.8 Å². The Morgan fingerprint density at radius 1 is 1.24 bits per heavy atom. The van der Waals surface area contributed by atoms with Crippen molar-refractivity contribution < 1.29 is 4.74 Å². The average molecular weight is 283 g/mol. The summed E-state index contributed by atoms with van der Waals surface area (Å²) in [4.78, 5) is 4.37. The summed E-state index contributed by atoms with van der Waals surface area (Å²) in [5, 5.41) is 0. The maximum absolute atomic E-state index is 5.88. The lowest BCUT2D eigenvalue weighted by Gasteiger charge is -2.24. The number of aromatic nitrogens is 1. The lowest BCUT2D eigenvalue weighted by molar-refractivity contribution is 0.281. The van der Waals surface area contributed by atoms with Gasteiger partial charge in [0.2, 0.25) is 0 Å². The molecular weight excluding hydrogens is 262 g/mol. The zero-order valence-electron chi connectivity index (χ0n) is 12.1. The quantitative estimate of drug-likeness (QED) is 0.654. The smallest absolute Gasteiger partial charge is 0.127 e. The number of hydrogen-bond acceptors (Lipinski definition) is 4. The second kappa shape index (κ2) is 6.70. The minimum atomic E-state index is 0.0834. The molecule has 1 aromatic heterocycles. The van der Waals surface area contributed by atoms with E-state index in [-0.39, 0.29) is 6.04 Å². The van der Waals surface area contributed by atoms with Crippen LogP contribution in [0.4, 0.5) is 0 Å². The van der Waals surface area contributed by atoms with Crippen molar-refractivity contribution in [1.82, 2.24) is 10.4 Å². The minimum Gasteiger partial charge on any atom is -0.493 e. The van der Waals surface area contributed by atoms with Crippen LogP contribution in [0.2, 0.25) is 0 Å². The molecule has 3 N–H and O–H groups in total. The van der Waals surface area contributed by atoms with E-state index in [1.54, 1.807) is 0 Å². The fourth-order valence-electron chi connectivity index (χ4n) is 2.86. The third-order valence-electron chi connectivity index (χ3n) is 3.96. The number of fused-ring (bicyclic) bond motifs is 1. The van der Waals surface area contributed by atoms with Crippen molar-refractivity contribution in [3.63, 3.8) is 0 Å². The van der Waals surface area contributed by atoms with Gasteiger partial charge in [0.25, 0.3) is 0 Å². The Morgan fingerprint density at radius 3 is 3.00 bits per heavy atom. The van der Waals surface area contributed by atoms with Gasteiger partial charge in [-0.2, -0.15) is 0 Å². The average Bonchev–Trinajstić information content (AvgIpc) is 2.56. The lowest BCUT2D eigenvalue weighted by atomic mass is 9.95. The maximum Gasteiger partial charge on any atom is 0.127 e. The van der Waals surface area contributed by atoms with Crippen LogP contribution in [0.3, 0.4) is 0 Å². The Kier molecular flexibility index (Phi) is 4.48. The Bertz CT molecular complexity index is 586. The number of nitrogens with two attached hydrogens (primary N) is 1. The molecule has 0 saturated carbocycles. The maximum atomic E-state index is 5.88. The molecule has 2 aromatic rings. The predicted octanol–water partition coefficient (Wildman–Crippen LogP) is 2.54. The highest BCUT2D eigenvalue weighted by molar-refractivity contribution is 5.44. The number of para-hydroxylation sites is 1. The van der Waals surface area contributed by atoms with E-state index in [9.17, 15) is 0 Å². The summed E-state index contributed by atoms with van der Waals surface area (Å²) in [5.74, 6) is 6.80. The second-order valence-electron chi connectivity index (χ2n) is 5.37. The Labute approximate surface area is 125 Å². The molecule has 21 heavy (non-hydrogen) atoms. The van der Waals surface area contributed by atoms with Gasteiger partial charge in [-0.1, -0.05) is 24.3 Å². The number of pyridine rings is 1. The van der Waals surface area contributed by atoms with E-state index in [0.717, 1.165) is 49.3 Å². The molecule has 1 atom stereocenters. The molecule has 4 nitrogen and oxygen atoms in total. The van der Waals surface area contributed by atoms with E-state index in [0.29, 0.717) is 0 Å². The molecule has 0 fully saturated rings. The van der Waals surface area contributed by atoms with Gasteiger partial charge < -0.3 is 4.74 Å². The summed E-state index contributed by atoms with van der Waals surface area (Å²) in [6.07, 6.45) is 5.78. The highest BCUT2D eigenvalue weighted by Gasteiger charge is 2.20. The molecule has 4 heteroatoms. The Hall–Kier alpha value is -1.91. The molecule has 1 aliphatic rings. The molecule has 1 aromatic carbocycles.